The second-order valence-corrected chi connectivity index (χ2v) is 4.92. The SMILES string of the molecule is COc1ccccc1NC(C(N)=O)C(C)c1ccccc1. The number of ether oxygens (including phenoxy) is 1. The fourth-order valence-corrected chi connectivity index (χ4v) is 2.32. The summed E-state index contributed by atoms with van der Waals surface area (Å²) in [5, 5.41) is 3.20. The lowest BCUT2D eigenvalue weighted by Gasteiger charge is -2.24. The molecule has 4 nitrogen and oxygen atoms in total. The minimum atomic E-state index is -0.510. The smallest absolute Gasteiger partial charge is 0.240 e. The Hall–Kier alpha value is -2.49. The molecule has 0 spiro atoms. The number of carbonyl (C=O) groups excluding carboxylic acids is 1. The minimum absolute atomic E-state index is 0.0476. The van der Waals surface area contributed by atoms with Gasteiger partial charge in [0.15, 0.2) is 0 Å². The number of para-hydroxylation sites is 2. The number of carbonyl (C=O) groups is 1. The van der Waals surface area contributed by atoms with E-state index in [0.29, 0.717) is 5.75 Å². The Labute approximate surface area is 124 Å². The van der Waals surface area contributed by atoms with E-state index in [-0.39, 0.29) is 5.92 Å². The molecule has 2 atom stereocenters. The van der Waals surface area contributed by atoms with Gasteiger partial charge in [0.2, 0.25) is 5.91 Å². The van der Waals surface area contributed by atoms with Crippen molar-refractivity contribution in [1.82, 2.24) is 0 Å². The highest BCUT2D eigenvalue weighted by atomic mass is 16.5. The van der Waals surface area contributed by atoms with Crippen LogP contribution in [0.25, 0.3) is 0 Å². The topological polar surface area (TPSA) is 64.3 Å². The largest absolute Gasteiger partial charge is 0.495 e. The maximum atomic E-state index is 11.8. The van der Waals surface area contributed by atoms with Crippen LogP contribution in [0, 0.1) is 0 Å². The summed E-state index contributed by atoms with van der Waals surface area (Å²) in [4.78, 5) is 11.8. The van der Waals surface area contributed by atoms with Crippen molar-refractivity contribution in [2.45, 2.75) is 18.9 Å². The fourth-order valence-electron chi connectivity index (χ4n) is 2.32. The van der Waals surface area contributed by atoms with Crippen LogP contribution >= 0.6 is 0 Å². The van der Waals surface area contributed by atoms with Gasteiger partial charge in [0, 0.05) is 5.92 Å². The molecule has 2 aromatic carbocycles. The molecule has 0 heterocycles. The van der Waals surface area contributed by atoms with E-state index in [0.717, 1.165) is 11.3 Å². The zero-order chi connectivity index (χ0) is 15.2. The van der Waals surface area contributed by atoms with Gasteiger partial charge in [-0.15, -0.1) is 0 Å². The maximum Gasteiger partial charge on any atom is 0.240 e. The molecule has 110 valence electrons. The van der Waals surface area contributed by atoms with E-state index in [2.05, 4.69) is 5.32 Å². The van der Waals surface area contributed by atoms with Gasteiger partial charge in [0.25, 0.3) is 0 Å². The fraction of sp³-hybridized carbons (Fsp3) is 0.235. The second-order valence-electron chi connectivity index (χ2n) is 4.92. The lowest BCUT2D eigenvalue weighted by molar-refractivity contribution is -0.119. The number of amides is 1. The van der Waals surface area contributed by atoms with Gasteiger partial charge in [-0.25, -0.2) is 0 Å². The molecule has 0 aliphatic heterocycles. The van der Waals surface area contributed by atoms with E-state index in [9.17, 15) is 4.79 Å². The molecule has 0 saturated carbocycles. The average Bonchev–Trinajstić information content (AvgIpc) is 2.53. The summed E-state index contributed by atoms with van der Waals surface area (Å²) in [5.41, 5.74) is 7.39. The molecule has 2 unspecified atom stereocenters. The molecule has 2 aromatic rings. The monoisotopic (exact) mass is 284 g/mol. The molecular weight excluding hydrogens is 264 g/mol. The number of primary amides is 1. The Morgan fingerprint density at radius 3 is 2.33 bits per heavy atom. The quantitative estimate of drug-likeness (QED) is 0.857. The Kier molecular flexibility index (Phi) is 4.82. The van der Waals surface area contributed by atoms with E-state index in [4.69, 9.17) is 10.5 Å². The molecule has 0 aromatic heterocycles. The van der Waals surface area contributed by atoms with Gasteiger partial charge in [0.05, 0.1) is 12.8 Å². The second kappa shape index (κ2) is 6.79. The Bertz CT molecular complexity index is 599. The summed E-state index contributed by atoms with van der Waals surface area (Å²) in [6.45, 7) is 1.98. The van der Waals surface area contributed by atoms with E-state index in [1.165, 1.54) is 0 Å². The highest BCUT2D eigenvalue weighted by Crippen LogP contribution is 2.27. The molecule has 0 aliphatic rings. The van der Waals surface area contributed by atoms with Crippen LogP contribution in [0.1, 0.15) is 18.4 Å². The van der Waals surface area contributed by atoms with Gasteiger partial charge in [0.1, 0.15) is 11.8 Å². The molecular formula is C17H20N2O2. The average molecular weight is 284 g/mol. The van der Waals surface area contributed by atoms with Crippen LogP contribution in [0.5, 0.6) is 5.75 Å². The van der Waals surface area contributed by atoms with Crippen LogP contribution in [0.3, 0.4) is 0 Å². The third-order valence-electron chi connectivity index (χ3n) is 3.55. The van der Waals surface area contributed by atoms with Crippen molar-refractivity contribution in [1.29, 1.82) is 0 Å². The Morgan fingerprint density at radius 1 is 1.10 bits per heavy atom. The predicted octanol–water partition coefficient (Wildman–Crippen LogP) is 2.76. The first-order valence-corrected chi connectivity index (χ1v) is 6.87. The molecule has 0 aliphatic carbocycles. The zero-order valence-corrected chi connectivity index (χ0v) is 12.2. The minimum Gasteiger partial charge on any atom is -0.495 e. The van der Waals surface area contributed by atoms with Crippen molar-refractivity contribution in [3.8, 4) is 5.75 Å². The van der Waals surface area contributed by atoms with Crippen molar-refractivity contribution < 1.29 is 9.53 Å². The molecule has 0 bridgehead atoms. The number of nitrogens with one attached hydrogen (secondary N) is 1. The summed E-state index contributed by atoms with van der Waals surface area (Å²) in [5.74, 6) is 0.245. The molecule has 21 heavy (non-hydrogen) atoms. The first-order chi connectivity index (χ1) is 10.1. The zero-order valence-electron chi connectivity index (χ0n) is 12.2. The lowest BCUT2D eigenvalue weighted by Crippen LogP contribution is -2.39. The first-order valence-electron chi connectivity index (χ1n) is 6.87. The normalized spacial score (nSPS) is 13.2. The number of hydrogen-bond acceptors (Lipinski definition) is 3. The lowest BCUT2D eigenvalue weighted by atomic mass is 9.92. The van der Waals surface area contributed by atoms with Crippen molar-refractivity contribution in [2.75, 3.05) is 12.4 Å². The van der Waals surface area contributed by atoms with Crippen LogP contribution in [0.15, 0.2) is 54.6 Å². The number of hydrogen-bond donors (Lipinski definition) is 2. The summed E-state index contributed by atoms with van der Waals surface area (Å²) >= 11 is 0. The molecule has 2 rings (SSSR count). The molecule has 1 amide bonds. The van der Waals surface area contributed by atoms with Crippen LogP contribution < -0.4 is 15.8 Å². The van der Waals surface area contributed by atoms with Crippen LogP contribution in [0.4, 0.5) is 5.69 Å². The Morgan fingerprint density at radius 2 is 1.71 bits per heavy atom. The first kappa shape index (κ1) is 14.9. The number of rotatable bonds is 6. The van der Waals surface area contributed by atoms with Gasteiger partial charge in [-0.3, -0.25) is 4.79 Å². The van der Waals surface area contributed by atoms with Crippen LogP contribution in [-0.2, 0) is 4.79 Å². The van der Waals surface area contributed by atoms with Crippen molar-refractivity contribution in [2.24, 2.45) is 5.73 Å². The molecule has 3 N–H and O–H groups in total. The van der Waals surface area contributed by atoms with E-state index in [1.54, 1.807) is 7.11 Å². The number of methoxy groups -OCH3 is 1. The van der Waals surface area contributed by atoms with Gasteiger partial charge >= 0.3 is 0 Å². The van der Waals surface area contributed by atoms with Crippen LogP contribution in [0.2, 0.25) is 0 Å². The third-order valence-corrected chi connectivity index (χ3v) is 3.55. The maximum absolute atomic E-state index is 11.8. The molecule has 0 radical (unpaired) electrons. The molecule has 0 fully saturated rings. The van der Waals surface area contributed by atoms with E-state index < -0.39 is 11.9 Å². The van der Waals surface area contributed by atoms with Crippen molar-refractivity contribution in [3.05, 3.63) is 60.2 Å². The number of benzene rings is 2. The number of nitrogens with two attached hydrogens (primary N) is 1. The summed E-state index contributed by atoms with van der Waals surface area (Å²) in [6.07, 6.45) is 0. The standard InChI is InChI=1S/C17H20N2O2/c1-12(13-8-4-3-5-9-13)16(17(18)20)19-14-10-6-7-11-15(14)21-2/h3-12,16,19H,1-2H3,(H2,18,20). The van der Waals surface area contributed by atoms with Crippen LogP contribution in [-0.4, -0.2) is 19.1 Å². The highest BCUT2D eigenvalue weighted by Gasteiger charge is 2.24. The van der Waals surface area contributed by atoms with Gasteiger partial charge in [-0.05, 0) is 17.7 Å². The predicted molar refractivity (Wildman–Crippen MR) is 84.5 cm³/mol. The third kappa shape index (κ3) is 3.54. The number of anilines is 1. The Balaban J connectivity index is 2.26. The van der Waals surface area contributed by atoms with Crippen molar-refractivity contribution >= 4 is 11.6 Å². The highest BCUT2D eigenvalue weighted by molar-refractivity contribution is 5.84. The van der Waals surface area contributed by atoms with E-state index in [1.807, 2.05) is 61.5 Å². The molecule has 4 heteroatoms. The van der Waals surface area contributed by atoms with E-state index >= 15 is 0 Å². The summed E-state index contributed by atoms with van der Waals surface area (Å²) in [6, 6.07) is 16.8. The molecule has 0 saturated heterocycles. The summed E-state index contributed by atoms with van der Waals surface area (Å²) < 4.78 is 5.30. The van der Waals surface area contributed by atoms with Gasteiger partial charge in [-0.2, -0.15) is 0 Å². The summed E-state index contributed by atoms with van der Waals surface area (Å²) in [7, 11) is 1.60. The van der Waals surface area contributed by atoms with Gasteiger partial charge < -0.3 is 15.8 Å². The van der Waals surface area contributed by atoms with Crippen molar-refractivity contribution in [3.63, 3.8) is 0 Å². The van der Waals surface area contributed by atoms with Gasteiger partial charge in [-0.1, -0.05) is 49.4 Å².